The Bertz CT molecular complexity index is 707. The molecule has 2 fully saturated rings. The molecular weight excluding hydrogens is 651 g/mol. The monoisotopic (exact) mass is 685 g/mol. The minimum Gasteiger partial charge on any atom is -0.793 e. The van der Waals surface area contributed by atoms with Gasteiger partial charge in [-0.15, -0.1) is 0 Å². The molecule has 19 heteroatoms. The van der Waals surface area contributed by atoms with Gasteiger partial charge >= 0.3 is 20.1 Å². The molecular formula is C20H34N4O12S2Tc. The van der Waals surface area contributed by atoms with Crippen LogP contribution in [0.4, 0.5) is 0 Å². The number of carbonyl (C=O) groups excluding carboxylic acids is 2. The number of nitrogens with one attached hydrogen (secondary N) is 2. The number of amides is 2. The molecule has 39 heavy (non-hydrogen) atoms. The van der Waals surface area contributed by atoms with Crippen LogP contribution in [0.2, 0.25) is 0 Å². The van der Waals surface area contributed by atoms with Gasteiger partial charge < -0.3 is 96.9 Å². The van der Waals surface area contributed by atoms with Crippen LogP contribution in [-0.4, -0.2) is 164 Å². The van der Waals surface area contributed by atoms with Gasteiger partial charge in [-0.3, -0.25) is 9.59 Å². The van der Waals surface area contributed by atoms with Gasteiger partial charge in [0.05, 0.1) is 13.2 Å². The number of rotatable bonds is 13. The van der Waals surface area contributed by atoms with Gasteiger partial charge in [-0.1, -0.05) is 12.1 Å². The molecule has 0 aromatic carbocycles. The smallest absolute Gasteiger partial charge is 0.793 e. The van der Waals surface area contributed by atoms with E-state index in [-0.39, 0.29) is 44.7 Å². The van der Waals surface area contributed by atoms with Crippen LogP contribution in [0.5, 0.6) is 0 Å². The van der Waals surface area contributed by atoms with E-state index < -0.39 is 98.4 Å². The van der Waals surface area contributed by atoms with Crippen LogP contribution in [0, 0.1) is 0 Å². The van der Waals surface area contributed by atoms with Crippen molar-refractivity contribution in [1.29, 1.82) is 0 Å². The van der Waals surface area contributed by atoms with Crippen molar-refractivity contribution < 1.29 is 80.0 Å². The van der Waals surface area contributed by atoms with Crippen LogP contribution >= 0.6 is 0 Å². The summed E-state index contributed by atoms with van der Waals surface area (Å²) < 4.78 is 9.97. The first kappa shape index (κ1) is 36.8. The Morgan fingerprint density at radius 2 is 1.03 bits per heavy atom. The Morgan fingerprint density at radius 1 is 0.692 bits per heavy atom. The van der Waals surface area contributed by atoms with E-state index in [0.29, 0.717) is 0 Å². The number of ether oxygens (including phenoxy) is 2. The summed E-state index contributed by atoms with van der Waals surface area (Å²) in [5.74, 6) is -1.88. The van der Waals surface area contributed by atoms with Crippen LogP contribution in [0.15, 0.2) is 0 Å². The van der Waals surface area contributed by atoms with E-state index in [9.17, 15) is 40.2 Å². The summed E-state index contributed by atoms with van der Waals surface area (Å²) in [7, 11) is 0. The maximum Gasteiger partial charge on any atom is 4.00 e. The zero-order valence-electron chi connectivity index (χ0n) is 20.5. The number of hydrogen-bond donors (Lipinski definition) is 10. The fourth-order valence-corrected chi connectivity index (χ4v) is 4.39. The minimum absolute atomic E-state index is 0. The number of aliphatic hydroxyl groups is 8. The molecule has 0 saturated carbocycles. The number of nitrogens with zero attached hydrogens (tertiary/aromatic N) is 2. The van der Waals surface area contributed by atoms with Crippen LogP contribution < -0.4 is 10.6 Å². The van der Waals surface area contributed by atoms with Gasteiger partial charge in [0.15, 0.2) is 12.6 Å². The Hall–Kier alpha value is -0.191. The van der Waals surface area contributed by atoms with Crippen molar-refractivity contribution >= 4 is 37.1 Å². The molecule has 2 amide bonds. The van der Waals surface area contributed by atoms with E-state index in [1.807, 2.05) is 0 Å². The van der Waals surface area contributed by atoms with E-state index >= 15 is 0 Å². The van der Waals surface area contributed by atoms with Gasteiger partial charge in [-0.2, -0.15) is 24.6 Å². The maximum atomic E-state index is 12.6. The second-order valence-electron chi connectivity index (χ2n) is 8.70. The Labute approximate surface area is 249 Å². The average Bonchev–Trinajstić information content (AvgIpc) is 2.90. The summed E-state index contributed by atoms with van der Waals surface area (Å²) >= 11 is 9.88. The van der Waals surface area contributed by atoms with Crippen molar-refractivity contribution in [2.24, 2.45) is 0 Å². The van der Waals surface area contributed by atoms with Crippen molar-refractivity contribution in [2.45, 2.75) is 73.4 Å². The first-order valence-corrected chi connectivity index (χ1v) is 12.9. The third kappa shape index (κ3) is 9.67. The molecule has 10 N–H and O–H groups in total. The van der Waals surface area contributed by atoms with Crippen LogP contribution in [0.1, 0.15) is 0 Å². The SMILES string of the molecule is O=C(NC1[C@@H](O)C(O)C(CO)O[C@H]1O)C(C[S-])[N-]CC[N-]C(C[S-])C(=O)NC1[C@H](O)OC(CO)[C@@H](O)[C@H]1O.[99Tc+4]. The van der Waals surface area contributed by atoms with Gasteiger partial charge in [0, 0.05) is 0 Å². The molecule has 2 aliphatic rings. The summed E-state index contributed by atoms with van der Waals surface area (Å²) in [4.78, 5) is 25.1. The van der Waals surface area contributed by atoms with Gasteiger partial charge in [0.25, 0.3) is 0 Å². The van der Waals surface area contributed by atoms with Gasteiger partial charge in [0.1, 0.15) is 48.7 Å². The third-order valence-electron chi connectivity index (χ3n) is 6.14. The molecule has 7 unspecified atom stereocenters. The normalized spacial score (nSPS) is 36.4. The van der Waals surface area contributed by atoms with E-state index in [4.69, 9.17) is 44.9 Å². The first-order chi connectivity index (χ1) is 18.0. The molecule has 16 nitrogen and oxygen atoms in total. The van der Waals surface area contributed by atoms with Crippen molar-refractivity contribution in [3.8, 4) is 0 Å². The molecule has 12 atom stereocenters. The van der Waals surface area contributed by atoms with Crippen LogP contribution in [0.3, 0.4) is 0 Å². The zero-order valence-corrected chi connectivity index (χ0v) is 24.0. The first-order valence-electron chi connectivity index (χ1n) is 11.7. The van der Waals surface area contributed by atoms with E-state index in [0.717, 1.165) is 0 Å². The molecule has 0 spiro atoms. The van der Waals surface area contributed by atoms with Gasteiger partial charge in [-0.05, 0) is 0 Å². The molecule has 2 rings (SSSR count). The topological polar surface area (TPSA) is 267 Å². The molecule has 0 aromatic heterocycles. The zero-order chi connectivity index (χ0) is 28.6. The van der Waals surface area contributed by atoms with Crippen LogP contribution in [0.25, 0.3) is 10.6 Å². The van der Waals surface area contributed by atoms with Crippen molar-refractivity contribution in [3.63, 3.8) is 0 Å². The van der Waals surface area contributed by atoms with Crippen molar-refractivity contribution in [1.82, 2.24) is 10.6 Å². The standard InChI is InChI=1S/C20H36N4O12S2.Tc/c25-3-9-13(27)15(29)11(19(33)35-9)23-17(31)7(5-37)21-1-2-22-8(6-38)18(32)24-12-16(30)14(28)10(4-26)36-20(12)34;/h7-16,19-20,25-30,33-34,37-38H,1-6H2,(H,23,31)(H,24,32);/q-2;+4/p-2/t7?,8?,9?,10?,11?,12?,13-,14?,15+,16-,19-,20-;/m1./s1/i;1+1. The number of hydrogen-bond acceptors (Lipinski definition) is 14. The quantitative estimate of drug-likeness (QED) is 0.0639. The second-order valence-corrected chi connectivity index (χ2v) is 9.37. The molecule has 0 aromatic rings. The molecule has 2 aliphatic heterocycles. The molecule has 0 aliphatic carbocycles. The summed E-state index contributed by atoms with van der Waals surface area (Å²) in [5, 5.41) is 91.3. The summed E-state index contributed by atoms with van der Waals surface area (Å²) in [6.07, 6.45) is -12.3. The molecule has 2 saturated heterocycles. The summed E-state index contributed by atoms with van der Waals surface area (Å²) in [6, 6.07) is -5.02. The summed E-state index contributed by atoms with van der Waals surface area (Å²) in [5.41, 5.74) is 0. The fraction of sp³-hybridized carbons (Fsp3) is 0.900. The maximum absolute atomic E-state index is 12.6. The Kier molecular flexibility index (Phi) is 16.7. The van der Waals surface area contributed by atoms with Crippen LogP contribution in [-0.2, 0) is 64.4 Å². The molecule has 225 valence electrons. The van der Waals surface area contributed by atoms with Crippen molar-refractivity contribution in [3.05, 3.63) is 10.6 Å². The Morgan fingerprint density at radius 3 is 1.31 bits per heavy atom. The predicted octanol–water partition coefficient (Wildman–Crippen LogP) is -6.61. The third-order valence-corrected chi connectivity index (χ3v) is 6.77. The predicted molar refractivity (Wildman–Crippen MR) is 132 cm³/mol. The second kappa shape index (κ2) is 17.7. The summed E-state index contributed by atoms with van der Waals surface area (Å²) in [6.45, 7) is -1.45. The molecule has 0 bridgehead atoms. The van der Waals surface area contributed by atoms with Gasteiger partial charge in [0.2, 0.25) is 11.8 Å². The molecule has 2 heterocycles. The van der Waals surface area contributed by atoms with E-state index in [1.165, 1.54) is 0 Å². The average molecular weight is 686 g/mol. The van der Waals surface area contributed by atoms with E-state index in [1.54, 1.807) is 0 Å². The number of carbonyl (C=O) groups is 2. The largest absolute Gasteiger partial charge is 4.00 e. The van der Waals surface area contributed by atoms with E-state index in [2.05, 4.69) is 21.3 Å². The van der Waals surface area contributed by atoms with Crippen molar-refractivity contribution in [2.75, 3.05) is 37.8 Å². The fourth-order valence-electron chi connectivity index (χ4n) is 3.88. The molecule has 1 radical (unpaired) electrons. The number of aliphatic hydroxyl groups excluding tert-OH is 8. The Balaban J connectivity index is 0.00000760. The van der Waals surface area contributed by atoms with Gasteiger partial charge in [-0.25, -0.2) is 0 Å². The minimum atomic E-state index is -1.70.